The van der Waals surface area contributed by atoms with Crippen molar-refractivity contribution in [1.29, 1.82) is 0 Å². The van der Waals surface area contributed by atoms with Crippen molar-refractivity contribution < 1.29 is 0 Å². The normalized spacial score (nSPS) is 19.0. The van der Waals surface area contributed by atoms with Gasteiger partial charge in [-0.2, -0.15) is 0 Å². The lowest BCUT2D eigenvalue weighted by Crippen LogP contribution is -2.36. The van der Waals surface area contributed by atoms with E-state index in [0.29, 0.717) is 12.0 Å². The van der Waals surface area contributed by atoms with Crippen molar-refractivity contribution in [3.8, 4) is 0 Å². The molecule has 1 atom stereocenters. The minimum atomic E-state index is 0.452. The molecular formula is C17H25N5. The van der Waals surface area contributed by atoms with E-state index in [1.165, 1.54) is 18.7 Å². The fourth-order valence-electron chi connectivity index (χ4n) is 3.28. The van der Waals surface area contributed by atoms with Gasteiger partial charge in [-0.3, -0.25) is 4.98 Å². The maximum absolute atomic E-state index is 4.71. The predicted molar refractivity (Wildman–Crippen MR) is 88.3 cm³/mol. The van der Waals surface area contributed by atoms with Crippen LogP contribution in [-0.4, -0.2) is 32.6 Å². The van der Waals surface area contributed by atoms with E-state index < -0.39 is 0 Å². The minimum absolute atomic E-state index is 0.452. The van der Waals surface area contributed by atoms with Crippen molar-refractivity contribution in [1.82, 2.24) is 19.5 Å². The van der Waals surface area contributed by atoms with Gasteiger partial charge in [-0.05, 0) is 40.5 Å². The number of aryl methyl sites for hydroxylation is 2. The fourth-order valence-corrected chi connectivity index (χ4v) is 3.28. The molecule has 1 aliphatic rings. The summed E-state index contributed by atoms with van der Waals surface area (Å²) in [6.45, 7) is 10.5. The van der Waals surface area contributed by atoms with E-state index in [1.807, 2.05) is 26.2 Å². The smallest absolute Gasteiger partial charge is 0.150 e. The average Bonchev–Trinajstić information content (AvgIpc) is 2.99. The van der Waals surface area contributed by atoms with Crippen LogP contribution in [0.2, 0.25) is 0 Å². The molecule has 3 rings (SSSR count). The van der Waals surface area contributed by atoms with Crippen LogP contribution in [0.4, 0.5) is 5.82 Å². The van der Waals surface area contributed by atoms with Crippen LogP contribution in [0.5, 0.6) is 0 Å². The van der Waals surface area contributed by atoms with Crippen LogP contribution in [0.25, 0.3) is 0 Å². The highest BCUT2D eigenvalue weighted by molar-refractivity contribution is 5.44. The van der Waals surface area contributed by atoms with E-state index in [9.17, 15) is 0 Å². The van der Waals surface area contributed by atoms with Crippen molar-refractivity contribution in [2.45, 2.75) is 52.5 Å². The van der Waals surface area contributed by atoms with Gasteiger partial charge in [0, 0.05) is 43.6 Å². The van der Waals surface area contributed by atoms with Gasteiger partial charge in [-0.25, -0.2) is 9.97 Å². The molecule has 5 nitrogen and oxygen atoms in total. The van der Waals surface area contributed by atoms with Crippen molar-refractivity contribution in [3.05, 3.63) is 35.8 Å². The molecule has 1 aliphatic heterocycles. The van der Waals surface area contributed by atoms with Crippen LogP contribution < -0.4 is 4.90 Å². The summed E-state index contributed by atoms with van der Waals surface area (Å²) < 4.78 is 2.29. The first-order chi connectivity index (χ1) is 10.6. The second-order valence-corrected chi connectivity index (χ2v) is 6.49. The number of nitrogens with zero attached hydrogens (tertiary/aromatic N) is 5. The molecule has 3 heterocycles. The number of aromatic nitrogens is 4. The summed E-state index contributed by atoms with van der Waals surface area (Å²) in [4.78, 5) is 16.2. The topological polar surface area (TPSA) is 46.8 Å². The highest BCUT2D eigenvalue weighted by Gasteiger charge is 2.27. The van der Waals surface area contributed by atoms with Gasteiger partial charge >= 0.3 is 0 Å². The van der Waals surface area contributed by atoms with Crippen LogP contribution in [0, 0.1) is 13.8 Å². The Labute approximate surface area is 132 Å². The molecule has 0 N–H and O–H groups in total. The molecule has 0 radical (unpaired) electrons. The molecule has 0 saturated carbocycles. The molecule has 22 heavy (non-hydrogen) atoms. The summed E-state index contributed by atoms with van der Waals surface area (Å²) >= 11 is 0. The SMILES string of the molecule is Cc1cnc(C)c(N2CCCC(c3nccn3C(C)C)C2)n1. The number of imidazole rings is 1. The quantitative estimate of drug-likeness (QED) is 0.873. The molecule has 1 saturated heterocycles. The zero-order valence-electron chi connectivity index (χ0n) is 14.0. The second-order valence-electron chi connectivity index (χ2n) is 6.49. The predicted octanol–water partition coefficient (Wildman–Crippen LogP) is 3.25. The van der Waals surface area contributed by atoms with Gasteiger partial charge in [0.25, 0.3) is 0 Å². The maximum atomic E-state index is 4.71. The number of piperidine rings is 1. The molecule has 1 unspecified atom stereocenters. The summed E-state index contributed by atoms with van der Waals surface area (Å²) in [7, 11) is 0. The molecule has 0 bridgehead atoms. The summed E-state index contributed by atoms with van der Waals surface area (Å²) in [6.07, 6.45) is 8.22. The molecule has 0 aromatic carbocycles. The van der Waals surface area contributed by atoms with Gasteiger partial charge in [0.2, 0.25) is 0 Å². The Bertz CT molecular complexity index is 646. The standard InChI is InChI=1S/C17H25N5/c1-12(2)22-9-7-18-17(22)15-6-5-8-21(11-15)16-14(4)19-10-13(3)20-16/h7,9-10,12,15H,5-6,8,11H2,1-4H3. The first kappa shape index (κ1) is 15.0. The molecule has 118 valence electrons. The van der Waals surface area contributed by atoms with Crippen LogP contribution in [0.1, 0.15) is 55.9 Å². The Morgan fingerprint density at radius 3 is 2.82 bits per heavy atom. The van der Waals surface area contributed by atoms with Gasteiger partial charge in [0.05, 0.1) is 11.4 Å². The lowest BCUT2D eigenvalue weighted by Gasteiger charge is -2.34. The van der Waals surface area contributed by atoms with Crippen LogP contribution >= 0.6 is 0 Å². The Morgan fingerprint density at radius 2 is 2.05 bits per heavy atom. The third-order valence-electron chi connectivity index (χ3n) is 4.39. The molecule has 2 aromatic heterocycles. The van der Waals surface area contributed by atoms with Gasteiger partial charge in [0.15, 0.2) is 0 Å². The van der Waals surface area contributed by atoms with Gasteiger partial charge in [-0.1, -0.05) is 0 Å². The van der Waals surface area contributed by atoms with Gasteiger partial charge in [0.1, 0.15) is 11.6 Å². The summed E-state index contributed by atoms with van der Waals surface area (Å²) in [5.74, 6) is 2.71. The third-order valence-corrected chi connectivity index (χ3v) is 4.39. The summed E-state index contributed by atoms with van der Waals surface area (Å²) in [5, 5.41) is 0. The molecule has 5 heteroatoms. The molecular weight excluding hydrogens is 274 g/mol. The van der Waals surface area contributed by atoms with E-state index in [-0.39, 0.29) is 0 Å². The van der Waals surface area contributed by atoms with E-state index in [1.54, 1.807) is 0 Å². The summed E-state index contributed by atoms with van der Waals surface area (Å²) in [5.41, 5.74) is 1.99. The lowest BCUT2D eigenvalue weighted by atomic mass is 9.96. The average molecular weight is 299 g/mol. The number of hydrogen-bond donors (Lipinski definition) is 0. The minimum Gasteiger partial charge on any atom is -0.354 e. The number of anilines is 1. The monoisotopic (exact) mass is 299 g/mol. The zero-order valence-corrected chi connectivity index (χ0v) is 14.0. The molecule has 1 fully saturated rings. The molecule has 2 aromatic rings. The largest absolute Gasteiger partial charge is 0.354 e. The van der Waals surface area contributed by atoms with Crippen LogP contribution in [0.3, 0.4) is 0 Å². The maximum Gasteiger partial charge on any atom is 0.150 e. The van der Waals surface area contributed by atoms with Crippen molar-refractivity contribution in [2.75, 3.05) is 18.0 Å². The zero-order chi connectivity index (χ0) is 15.7. The van der Waals surface area contributed by atoms with Crippen molar-refractivity contribution in [2.24, 2.45) is 0 Å². The van der Waals surface area contributed by atoms with Crippen molar-refractivity contribution >= 4 is 5.82 Å². The first-order valence-corrected chi connectivity index (χ1v) is 8.14. The lowest BCUT2D eigenvalue weighted by molar-refractivity contribution is 0.452. The third kappa shape index (κ3) is 2.85. The number of hydrogen-bond acceptors (Lipinski definition) is 4. The first-order valence-electron chi connectivity index (χ1n) is 8.14. The Balaban J connectivity index is 1.85. The van der Waals surface area contributed by atoms with Crippen molar-refractivity contribution in [3.63, 3.8) is 0 Å². The van der Waals surface area contributed by atoms with Crippen LogP contribution in [0.15, 0.2) is 18.6 Å². The van der Waals surface area contributed by atoms with Gasteiger partial charge < -0.3 is 9.47 Å². The molecule has 0 amide bonds. The molecule has 0 spiro atoms. The van der Waals surface area contributed by atoms with E-state index in [4.69, 9.17) is 4.98 Å². The Morgan fingerprint density at radius 1 is 1.23 bits per heavy atom. The van der Waals surface area contributed by atoms with E-state index >= 15 is 0 Å². The van der Waals surface area contributed by atoms with E-state index in [0.717, 1.165) is 30.3 Å². The fraction of sp³-hybridized carbons (Fsp3) is 0.588. The highest BCUT2D eigenvalue weighted by atomic mass is 15.2. The van der Waals surface area contributed by atoms with E-state index in [2.05, 4.69) is 39.5 Å². The second kappa shape index (κ2) is 6.07. The number of rotatable bonds is 3. The van der Waals surface area contributed by atoms with Crippen LogP contribution in [-0.2, 0) is 0 Å². The Kier molecular flexibility index (Phi) is 4.14. The van der Waals surface area contributed by atoms with Gasteiger partial charge in [-0.15, -0.1) is 0 Å². The highest BCUT2D eigenvalue weighted by Crippen LogP contribution is 2.30. The Hall–Kier alpha value is -1.91. The molecule has 0 aliphatic carbocycles. The summed E-state index contributed by atoms with van der Waals surface area (Å²) in [6, 6.07) is 0.452.